The molecule has 5 nitrogen and oxygen atoms in total. The normalized spacial score (nSPS) is 14.0. The Labute approximate surface area is 133 Å². The van der Waals surface area contributed by atoms with Crippen molar-refractivity contribution in [3.63, 3.8) is 0 Å². The van der Waals surface area contributed by atoms with Gasteiger partial charge in [0, 0.05) is 16.6 Å². The molecule has 1 aliphatic heterocycles. The lowest BCUT2D eigenvalue weighted by Crippen LogP contribution is -2.34. The Hall–Kier alpha value is -2.21. The summed E-state index contributed by atoms with van der Waals surface area (Å²) in [6, 6.07) is 9.14. The minimum absolute atomic E-state index is 0.00555. The molecular formula is C16H18N2O3S. The Morgan fingerprint density at radius 2 is 2.05 bits per heavy atom. The number of fused-ring (bicyclic) bond motifs is 1. The van der Waals surface area contributed by atoms with E-state index in [0.717, 1.165) is 4.88 Å². The molecule has 0 saturated carbocycles. The van der Waals surface area contributed by atoms with E-state index in [-0.39, 0.29) is 18.9 Å². The number of nitrogens with one attached hydrogen (secondary N) is 2. The first kappa shape index (κ1) is 14.7. The number of carbonyl (C=O) groups excluding carboxylic acids is 1. The fourth-order valence-electron chi connectivity index (χ4n) is 2.32. The van der Waals surface area contributed by atoms with E-state index in [1.54, 1.807) is 29.5 Å². The van der Waals surface area contributed by atoms with E-state index in [1.807, 2.05) is 17.5 Å². The van der Waals surface area contributed by atoms with Gasteiger partial charge < -0.3 is 20.1 Å². The van der Waals surface area contributed by atoms with Gasteiger partial charge in [-0.2, -0.15) is 0 Å². The predicted octanol–water partition coefficient (Wildman–Crippen LogP) is 4.00. The standard InChI is InChI=1S/C16H18N2O3S/c1-10(2)15(14-4-3-7-22-14)18-16(19)17-11-5-6-12-13(8-11)21-9-20-12/h3-8,10,15H,9H2,1-2H3,(H2,17,18,19)/t15-/m1/s1. The third-order valence-corrected chi connectivity index (χ3v) is 4.39. The lowest BCUT2D eigenvalue weighted by molar-refractivity contribution is 0.174. The summed E-state index contributed by atoms with van der Waals surface area (Å²) in [5.41, 5.74) is 0.676. The second-order valence-electron chi connectivity index (χ2n) is 5.40. The van der Waals surface area contributed by atoms with E-state index >= 15 is 0 Å². The lowest BCUT2D eigenvalue weighted by atomic mass is 10.0. The van der Waals surface area contributed by atoms with Crippen LogP contribution in [0.2, 0.25) is 0 Å². The lowest BCUT2D eigenvalue weighted by Gasteiger charge is -2.21. The average Bonchev–Trinajstić information content (AvgIpc) is 3.15. The van der Waals surface area contributed by atoms with Gasteiger partial charge in [0.25, 0.3) is 0 Å². The summed E-state index contributed by atoms with van der Waals surface area (Å²) in [5.74, 6) is 1.65. The van der Waals surface area contributed by atoms with Crippen LogP contribution >= 0.6 is 11.3 Å². The van der Waals surface area contributed by atoms with Crippen LogP contribution < -0.4 is 20.1 Å². The molecule has 0 bridgehead atoms. The van der Waals surface area contributed by atoms with Gasteiger partial charge in [-0.05, 0) is 29.5 Å². The van der Waals surface area contributed by atoms with Gasteiger partial charge in [0.2, 0.25) is 6.79 Å². The van der Waals surface area contributed by atoms with Crippen molar-refractivity contribution in [2.75, 3.05) is 12.1 Å². The van der Waals surface area contributed by atoms with E-state index in [0.29, 0.717) is 23.1 Å². The summed E-state index contributed by atoms with van der Waals surface area (Å²) in [4.78, 5) is 13.4. The second-order valence-corrected chi connectivity index (χ2v) is 6.38. The van der Waals surface area contributed by atoms with E-state index in [2.05, 4.69) is 24.5 Å². The number of ether oxygens (including phenoxy) is 2. The minimum atomic E-state index is -0.231. The first-order valence-corrected chi connectivity index (χ1v) is 8.02. The highest BCUT2D eigenvalue weighted by atomic mass is 32.1. The quantitative estimate of drug-likeness (QED) is 0.896. The Bertz CT molecular complexity index is 655. The highest BCUT2D eigenvalue weighted by Gasteiger charge is 2.20. The van der Waals surface area contributed by atoms with Crippen LogP contribution in [0.1, 0.15) is 24.8 Å². The first-order chi connectivity index (χ1) is 10.6. The largest absolute Gasteiger partial charge is 0.454 e. The van der Waals surface area contributed by atoms with Crippen molar-refractivity contribution in [1.29, 1.82) is 0 Å². The van der Waals surface area contributed by atoms with E-state index in [4.69, 9.17) is 9.47 Å². The van der Waals surface area contributed by atoms with Gasteiger partial charge in [0.05, 0.1) is 6.04 Å². The Morgan fingerprint density at radius 1 is 1.23 bits per heavy atom. The molecule has 6 heteroatoms. The number of benzene rings is 1. The molecule has 2 amide bonds. The van der Waals surface area contributed by atoms with Crippen LogP contribution in [0.4, 0.5) is 10.5 Å². The molecule has 2 aromatic rings. The summed E-state index contributed by atoms with van der Waals surface area (Å²) in [6.45, 7) is 4.40. The average molecular weight is 318 g/mol. The van der Waals surface area contributed by atoms with E-state index < -0.39 is 0 Å². The fraction of sp³-hybridized carbons (Fsp3) is 0.312. The minimum Gasteiger partial charge on any atom is -0.454 e. The van der Waals surface area contributed by atoms with Gasteiger partial charge in [-0.1, -0.05) is 19.9 Å². The van der Waals surface area contributed by atoms with E-state index in [9.17, 15) is 4.79 Å². The third-order valence-electron chi connectivity index (χ3n) is 3.43. The first-order valence-electron chi connectivity index (χ1n) is 7.14. The zero-order valence-electron chi connectivity index (χ0n) is 12.5. The number of rotatable bonds is 4. The molecule has 0 saturated heterocycles. The maximum atomic E-state index is 12.2. The van der Waals surface area contributed by atoms with Crippen molar-refractivity contribution in [2.45, 2.75) is 19.9 Å². The molecule has 1 aromatic carbocycles. The Kier molecular flexibility index (Phi) is 4.20. The molecule has 0 unspecified atom stereocenters. The molecule has 1 aromatic heterocycles. The van der Waals surface area contributed by atoms with Crippen LogP contribution in [0.5, 0.6) is 11.5 Å². The van der Waals surface area contributed by atoms with Crippen molar-refractivity contribution in [2.24, 2.45) is 5.92 Å². The monoisotopic (exact) mass is 318 g/mol. The molecule has 0 fully saturated rings. The van der Waals surface area contributed by atoms with Gasteiger partial charge in [0.15, 0.2) is 11.5 Å². The predicted molar refractivity (Wildman–Crippen MR) is 86.6 cm³/mol. The molecule has 1 aliphatic rings. The van der Waals surface area contributed by atoms with Crippen molar-refractivity contribution in [3.05, 3.63) is 40.6 Å². The summed E-state index contributed by atoms with van der Waals surface area (Å²) >= 11 is 1.64. The number of carbonyl (C=O) groups is 1. The molecule has 1 atom stereocenters. The molecule has 0 aliphatic carbocycles. The fourth-order valence-corrected chi connectivity index (χ4v) is 3.27. The summed E-state index contributed by atoms with van der Waals surface area (Å²) < 4.78 is 10.6. The molecule has 0 spiro atoms. The second kappa shape index (κ2) is 6.27. The maximum absolute atomic E-state index is 12.2. The van der Waals surface area contributed by atoms with Crippen molar-refractivity contribution in [3.8, 4) is 11.5 Å². The van der Waals surface area contributed by atoms with Gasteiger partial charge >= 0.3 is 6.03 Å². The zero-order chi connectivity index (χ0) is 15.5. The smallest absolute Gasteiger partial charge is 0.319 e. The summed E-state index contributed by atoms with van der Waals surface area (Å²) in [7, 11) is 0. The third kappa shape index (κ3) is 3.17. The Balaban J connectivity index is 1.66. The molecule has 2 N–H and O–H groups in total. The summed E-state index contributed by atoms with van der Waals surface area (Å²) in [5, 5.41) is 7.88. The Morgan fingerprint density at radius 3 is 2.77 bits per heavy atom. The number of urea groups is 1. The molecule has 0 radical (unpaired) electrons. The van der Waals surface area contributed by atoms with Crippen LogP contribution in [0, 0.1) is 5.92 Å². The van der Waals surface area contributed by atoms with Crippen LogP contribution in [-0.4, -0.2) is 12.8 Å². The van der Waals surface area contributed by atoms with Crippen molar-refractivity contribution >= 4 is 23.1 Å². The zero-order valence-corrected chi connectivity index (χ0v) is 13.3. The van der Waals surface area contributed by atoms with E-state index in [1.165, 1.54) is 0 Å². The molecule has 22 heavy (non-hydrogen) atoms. The van der Waals surface area contributed by atoms with Crippen molar-refractivity contribution < 1.29 is 14.3 Å². The number of hydrogen-bond donors (Lipinski definition) is 2. The van der Waals surface area contributed by atoms with Crippen molar-refractivity contribution in [1.82, 2.24) is 5.32 Å². The SMILES string of the molecule is CC(C)[C@@H](NC(=O)Nc1ccc2c(c1)OCO2)c1cccs1. The highest BCUT2D eigenvalue weighted by molar-refractivity contribution is 7.10. The number of thiophene rings is 1. The number of anilines is 1. The maximum Gasteiger partial charge on any atom is 0.319 e. The topological polar surface area (TPSA) is 59.6 Å². The molecule has 3 rings (SSSR count). The molecule has 2 heterocycles. The van der Waals surface area contributed by atoms with Crippen LogP contribution in [0.15, 0.2) is 35.7 Å². The van der Waals surface area contributed by atoms with Gasteiger partial charge in [-0.3, -0.25) is 0 Å². The van der Waals surface area contributed by atoms with Crippen LogP contribution in [-0.2, 0) is 0 Å². The van der Waals surface area contributed by atoms with Gasteiger partial charge in [-0.25, -0.2) is 4.79 Å². The van der Waals surface area contributed by atoms with Crippen LogP contribution in [0.3, 0.4) is 0 Å². The number of hydrogen-bond acceptors (Lipinski definition) is 4. The number of amides is 2. The highest BCUT2D eigenvalue weighted by Crippen LogP contribution is 2.34. The van der Waals surface area contributed by atoms with Gasteiger partial charge in [-0.15, -0.1) is 11.3 Å². The van der Waals surface area contributed by atoms with Gasteiger partial charge in [0.1, 0.15) is 0 Å². The summed E-state index contributed by atoms with van der Waals surface area (Å²) in [6.07, 6.45) is 0. The molecule has 116 valence electrons. The van der Waals surface area contributed by atoms with Crippen LogP contribution in [0.25, 0.3) is 0 Å². The molecular weight excluding hydrogens is 300 g/mol.